The van der Waals surface area contributed by atoms with Gasteiger partial charge in [-0.2, -0.15) is 0 Å². The highest BCUT2D eigenvalue weighted by Gasteiger charge is 2.25. The molecular weight excluding hydrogens is 420 g/mol. The summed E-state index contributed by atoms with van der Waals surface area (Å²) in [7, 11) is 0. The third kappa shape index (κ3) is 5.56. The van der Waals surface area contributed by atoms with Crippen LogP contribution < -0.4 is 10.6 Å². The number of amides is 4. The minimum absolute atomic E-state index is 0.000972. The maximum absolute atomic E-state index is 12.8. The molecule has 1 aromatic carbocycles. The van der Waals surface area contributed by atoms with E-state index in [2.05, 4.69) is 17.6 Å². The molecule has 2 aliphatic heterocycles. The van der Waals surface area contributed by atoms with Gasteiger partial charge >= 0.3 is 6.03 Å². The van der Waals surface area contributed by atoms with Crippen LogP contribution in [0.4, 0.5) is 10.5 Å². The maximum atomic E-state index is 12.8. The third-order valence-corrected chi connectivity index (χ3v) is 6.68. The molecule has 2 aromatic rings. The molecule has 2 aliphatic rings. The molecule has 4 rings (SSSR count). The van der Waals surface area contributed by atoms with Crippen LogP contribution in [-0.4, -0.2) is 59.9 Å². The van der Waals surface area contributed by atoms with Crippen LogP contribution in [0.25, 0.3) is 0 Å². The smallest absolute Gasteiger partial charge is 0.319 e. The van der Waals surface area contributed by atoms with Crippen LogP contribution in [0.15, 0.2) is 41.2 Å². The van der Waals surface area contributed by atoms with E-state index < -0.39 is 0 Å². The number of rotatable bonds is 4. The SMILES string of the molecule is Cc1cc(C(=O)N2CCC(C)CC2)ccc1NC(=O)NC1CCN(C(=O)c2ccoc2)CC1. The first-order valence-corrected chi connectivity index (χ1v) is 11.7. The van der Waals surface area contributed by atoms with Crippen molar-refractivity contribution in [3.05, 3.63) is 53.5 Å². The zero-order chi connectivity index (χ0) is 23.4. The molecule has 2 fully saturated rings. The maximum Gasteiger partial charge on any atom is 0.319 e. The van der Waals surface area contributed by atoms with Gasteiger partial charge in [0.25, 0.3) is 11.8 Å². The lowest BCUT2D eigenvalue weighted by Crippen LogP contribution is -2.47. The molecule has 176 valence electrons. The van der Waals surface area contributed by atoms with Crippen molar-refractivity contribution in [2.24, 2.45) is 5.92 Å². The monoisotopic (exact) mass is 452 g/mol. The number of urea groups is 1. The van der Waals surface area contributed by atoms with Gasteiger partial charge in [-0.3, -0.25) is 9.59 Å². The normalized spacial score (nSPS) is 17.6. The molecule has 0 aliphatic carbocycles. The number of benzene rings is 1. The largest absolute Gasteiger partial charge is 0.472 e. The molecule has 8 nitrogen and oxygen atoms in total. The molecule has 8 heteroatoms. The number of nitrogens with one attached hydrogen (secondary N) is 2. The number of anilines is 1. The minimum Gasteiger partial charge on any atom is -0.472 e. The predicted octanol–water partition coefficient (Wildman–Crippen LogP) is 3.89. The van der Waals surface area contributed by atoms with E-state index in [9.17, 15) is 14.4 Å². The van der Waals surface area contributed by atoms with Gasteiger partial charge < -0.3 is 24.9 Å². The Morgan fingerprint density at radius 3 is 2.15 bits per heavy atom. The lowest BCUT2D eigenvalue weighted by atomic mass is 9.98. The van der Waals surface area contributed by atoms with Gasteiger partial charge in [0.15, 0.2) is 0 Å². The fourth-order valence-corrected chi connectivity index (χ4v) is 4.47. The zero-order valence-corrected chi connectivity index (χ0v) is 19.3. The Balaban J connectivity index is 1.26. The van der Waals surface area contributed by atoms with Gasteiger partial charge in [0.05, 0.1) is 11.8 Å². The number of carbonyl (C=O) groups excluding carboxylic acids is 3. The van der Waals surface area contributed by atoms with E-state index in [0.29, 0.717) is 48.7 Å². The topological polar surface area (TPSA) is 94.9 Å². The molecule has 0 spiro atoms. The number of likely N-dealkylation sites (tertiary alicyclic amines) is 2. The van der Waals surface area contributed by atoms with Gasteiger partial charge in [-0.05, 0) is 68.4 Å². The summed E-state index contributed by atoms with van der Waals surface area (Å²) in [5.41, 5.74) is 2.74. The van der Waals surface area contributed by atoms with Crippen LogP contribution in [-0.2, 0) is 0 Å². The lowest BCUT2D eigenvalue weighted by Gasteiger charge is -2.32. The molecule has 0 unspecified atom stereocenters. The van der Waals surface area contributed by atoms with E-state index in [0.717, 1.165) is 31.5 Å². The van der Waals surface area contributed by atoms with Crippen molar-refractivity contribution in [1.82, 2.24) is 15.1 Å². The quantitative estimate of drug-likeness (QED) is 0.736. The molecule has 2 saturated heterocycles. The summed E-state index contributed by atoms with van der Waals surface area (Å²) in [4.78, 5) is 41.4. The number of piperidine rings is 2. The van der Waals surface area contributed by atoms with E-state index in [1.165, 1.54) is 12.5 Å². The average Bonchev–Trinajstić information content (AvgIpc) is 3.35. The lowest BCUT2D eigenvalue weighted by molar-refractivity contribution is 0.0693. The summed E-state index contributed by atoms with van der Waals surface area (Å²) in [6.45, 7) is 6.88. The van der Waals surface area contributed by atoms with E-state index in [4.69, 9.17) is 4.42 Å². The van der Waals surface area contributed by atoms with Crippen LogP contribution in [0.2, 0.25) is 0 Å². The van der Waals surface area contributed by atoms with Crippen LogP contribution in [0.1, 0.15) is 58.9 Å². The van der Waals surface area contributed by atoms with E-state index in [1.54, 1.807) is 23.1 Å². The van der Waals surface area contributed by atoms with Crippen LogP contribution in [0.5, 0.6) is 0 Å². The fraction of sp³-hybridized carbons (Fsp3) is 0.480. The Morgan fingerprint density at radius 2 is 1.55 bits per heavy atom. The molecular formula is C25H32N4O4. The molecule has 33 heavy (non-hydrogen) atoms. The van der Waals surface area contributed by atoms with E-state index in [1.807, 2.05) is 17.9 Å². The van der Waals surface area contributed by atoms with E-state index >= 15 is 0 Å². The third-order valence-electron chi connectivity index (χ3n) is 6.68. The first kappa shape index (κ1) is 22.9. The van der Waals surface area contributed by atoms with Crippen molar-refractivity contribution in [3.8, 4) is 0 Å². The van der Waals surface area contributed by atoms with Crippen molar-refractivity contribution >= 4 is 23.5 Å². The van der Waals surface area contributed by atoms with Crippen LogP contribution >= 0.6 is 0 Å². The summed E-state index contributed by atoms with van der Waals surface area (Å²) in [5, 5.41) is 5.90. The predicted molar refractivity (Wildman–Crippen MR) is 125 cm³/mol. The molecule has 0 atom stereocenters. The van der Waals surface area contributed by atoms with Crippen LogP contribution in [0.3, 0.4) is 0 Å². The van der Waals surface area contributed by atoms with Gasteiger partial charge in [0.2, 0.25) is 0 Å². The Hall–Kier alpha value is -3.29. The standard InChI is InChI=1S/C25H32N4O4/c1-17-5-10-28(11-6-17)23(30)19-3-4-22(18(2)15-19)27-25(32)26-21-7-12-29(13-8-21)24(31)20-9-14-33-16-20/h3-4,9,14-17,21H,5-8,10-13H2,1-2H3,(H2,26,27,32). The fourth-order valence-electron chi connectivity index (χ4n) is 4.47. The second-order valence-electron chi connectivity index (χ2n) is 9.18. The molecule has 4 amide bonds. The summed E-state index contributed by atoms with van der Waals surface area (Å²) in [5.74, 6) is 0.679. The zero-order valence-electron chi connectivity index (χ0n) is 19.3. The first-order chi connectivity index (χ1) is 15.9. The number of carbonyl (C=O) groups is 3. The summed E-state index contributed by atoms with van der Waals surface area (Å²) in [6.07, 6.45) is 6.41. The second kappa shape index (κ2) is 10.1. The Bertz CT molecular complexity index is 988. The highest BCUT2D eigenvalue weighted by atomic mass is 16.3. The minimum atomic E-state index is -0.276. The second-order valence-corrected chi connectivity index (χ2v) is 9.18. The van der Waals surface area contributed by atoms with Crippen molar-refractivity contribution in [1.29, 1.82) is 0 Å². The first-order valence-electron chi connectivity index (χ1n) is 11.7. The van der Waals surface area contributed by atoms with Crippen molar-refractivity contribution in [2.45, 2.75) is 45.6 Å². The van der Waals surface area contributed by atoms with Gasteiger partial charge in [0.1, 0.15) is 6.26 Å². The van der Waals surface area contributed by atoms with Gasteiger partial charge in [-0.25, -0.2) is 4.79 Å². The average molecular weight is 453 g/mol. The van der Waals surface area contributed by atoms with Crippen molar-refractivity contribution in [3.63, 3.8) is 0 Å². The number of furan rings is 1. The number of hydrogen-bond donors (Lipinski definition) is 2. The Kier molecular flexibility index (Phi) is 7.01. The molecule has 2 N–H and O–H groups in total. The summed E-state index contributed by atoms with van der Waals surface area (Å²) < 4.78 is 4.99. The number of aryl methyl sites for hydroxylation is 1. The molecule has 0 bridgehead atoms. The number of nitrogens with zero attached hydrogens (tertiary/aromatic N) is 2. The summed E-state index contributed by atoms with van der Waals surface area (Å²) >= 11 is 0. The summed E-state index contributed by atoms with van der Waals surface area (Å²) in [6, 6.07) is 6.80. The van der Waals surface area contributed by atoms with Crippen molar-refractivity contribution < 1.29 is 18.8 Å². The van der Waals surface area contributed by atoms with Crippen molar-refractivity contribution in [2.75, 3.05) is 31.5 Å². The highest BCUT2D eigenvalue weighted by molar-refractivity contribution is 5.96. The Labute approximate surface area is 194 Å². The van der Waals surface area contributed by atoms with Crippen LogP contribution in [0, 0.1) is 12.8 Å². The van der Waals surface area contributed by atoms with Gasteiger partial charge in [0, 0.05) is 43.5 Å². The molecule has 3 heterocycles. The van der Waals surface area contributed by atoms with E-state index in [-0.39, 0.29) is 23.9 Å². The Morgan fingerprint density at radius 1 is 0.909 bits per heavy atom. The van der Waals surface area contributed by atoms with Gasteiger partial charge in [-0.15, -0.1) is 0 Å². The van der Waals surface area contributed by atoms with Gasteiger partial charge in [-0.1, -0.05) is 6.92 Å². The molecule has 1 aromatic heterocycles. The highest BCUT2D eigenvalue weighted by Crippen LogP contribution is 2.22. The molecule has 0 saturated carbocycles. The number of hydrogen-bond acceptors (Lipinski definition) is 4. The molecule has 0 radical (unpaired) electrons.